The number of anilines is 2. The van der Waals surface area contributed by atoms with Gasteiger partial charge in [-0.05, 0) is 42.8 Å². The standard InChI is InChI=1S/C34H30N4O2S/c1-3-16-29-30(32(39)40-2)34(33(41-29)35-26-19-10-5-11-20-26)37(27-21-12-6-13-22-27)31(25-17-8-4-9-18-25)36-38(34)28-23-14-7-15-24-28/h4-15,17-24H,3,16H2,1-2H3. The van der Waals surface area contributed by atoms with Gasteiger partial charge in [-0.25, -0.2) is 14.8 Å². The number of nitrogens with zero attached hydrogens (tertiary/aromatic N) is 4. The molecule has 4 aromatic carbocycles. The van der Waals surface area contributed by atoms with Crippen molar-refractivity contribution < 1.29 is 9.53 Å². The summed E-state index contributed by atoms with van der Waals surface area (Å²) in [6, 6.07) is 40.0. The summed E-state index contributed by atoms with van der Waals surface area (Å²) < 4.78 is 5.54. The number of hydrogen-bond acceptors (Lipinski definition) is 7. The average Bonchev–Trinajstić information content (AvgIpc) is 3.54. The van der Waals surface area contributed by atoms with Crippen molar-refractivity contribution in [3.63, 3.8) is 0 Å². The lowest BCUT2D eigenvalue weighted by atomic mass is 9.93. The van der Waals surface area contributed by atoms with E-state index in [1.165, 1.54) is 7.11 Å². The van der Waals surface area contributed by atoms with E-state index in [1.54, 1.807) is 11.8 Å². The number of methoxy groups -OCH3 is 1. The van der Waals surface area contributed by atoms with Gasteiger partial charge in [0, 0.05) is 16.2 Å². The molecule has 0 fully saturated rings. The molecule has 0 radical (unpaired) electrons. The molecule has 41 heavy (non-hydrogen) atoms. The van der Waals surface area contributed by atoms with Crippen molar-refractivity contribution in [2.75, 3.05) is 17.0 Å². The SMILES string of the molecule is CCCC1=C(C(=O)OC)C2(C(=Nc3ccccc3)S1)N(c1ccccc1)N=C(c1ccccc1)N2c1ccccc1. The van der Waals surface area contributed by atoms with Gasteiger partial charge >= 0.3 is 5.97 Å². The van der Waals surface area contributed by atoms with Crippen LogP contribution in [0.1, 0.15) is 25.3 Å². The van der Waals surface area contributed by atoms with Gasteiger partial charge in [-0.15, -0.1) is 0 Å². The number of para-hydroxylation sites is 3. The number of aliphatic imine (C=N–C) groups is 1. The Balaban J connectivity index is 1.74. The molecule has 0 bridgehead atoms. The van der Waals surface area contributed by atoms with Crippen LogP contribution < -0.4 is 9.91 Å². The lowest BCUT2D eigenvalue weighted by Crippen LogP contribution is -2.62. The van der Waals surface area contributed by atoms with E-state index in [0.717, 1.165) is 39.0 Å². The van der Waals surface area contributed by atoms with Crippen molar-refractivity contribution in [1.29, 1.82) is 0 Å². The second-order valence-electron chi connectivity index (χ2n) is 9.67. The van der Waals surface area contributed by atoms with Gasteiger partial charge in [0.1, 0.15) is 10.6 Å². The number of thioether (sulfide) groups is 1. The Hall–Kier alpha value is -4.62. The normalized spacial score (nSPS) is 19.3. The van der Waals surface area contributed by atoms with Gasteiger partial charge in [-0.1, -0.05) is 110 Å². The highest BCUT2D eigenvalue weighted by molar-refractivity contribution is 8.18. The van der Waals surface area contributed by atoms with Crippen LogP contribution in [0.2, 0.25) is 0 Å². The first-order chi connectivity index (χ1) is 20.2. The van der Waals surface area contributed by atoms with Crippen LogP contribution in [-0.4, -0.2) is 29.6 Å². The Morgan fingerprint density at radius 1 is 0.829 bits per heavy atom. The zero-order chi connectivity index (χ0) is 28.2. The number of amidine groups is 1. The van der Waals surface area contributed by atoms with Crippen LogP contribution in [-0.2, 0) is 9.53 Å². The van der Waals surface area contributed by atoms with Crippen molar-refractivity contribution >= 4 is 45.7 Å². The lowest BCUT2D eigenvalue weighted by Gasteiger charge is -2.42. The summed E-state index contributed by atoms with van der Waals surface area (Å²) in [5, 5.41) is 8.00. The number of esters is 1. The summed E-state index contributed by atoms with van der Waals surface area (Å²) in [6.45, 7) is 2.12. The molecule has 0 aliphatic carbocycles. The number of allylic oxidation sites excluding steroid dienone is 1. The fourth-order valence-corrected chi connectivity index (χ4v) is 6.80. The molecule has 0 N–H and O–H groups in total. The molecule has 2 aliphatic heterocycles. The molecule has 4 aromatic rings. The lowest BCUT2D eigenvalue weighted by molar-refractivity contribution is -0.136. The Morgan fingerprint density at radius 3 is 1.98 bits per heavy atom. The molecule has 0 saturated carbocycles. The van der Waals surface area contributed by atoms with Gasteiger partial charge in [-0.2, -0.15) is 5.10 Å². The highest BCUT2D eigenvalue weighted by Gasteiger charge is 2.63. The van der Waals surface area contributed by atoms with E-state index < -0.39 is 11.6 Å². The molecule has 0 amide bonds. The third kappa shape index (κ3) is 4.62. The summed E-state index contributed by atoms with van der Waals surface area (Å²) >= 11 is 1.54. The Kier molecular flexibility index (Phi) is 7.44. The summed E-state index contributed by atoms with van der Waals surface area (Å²) in [4.78, 5) is 22.3. The molecule has 0 saturated heterocycles. The average molecular weight is 559 g/mol. The van der Waals surface area contributed by atoms with Crippen molar-refractivity contribution in [2.24, 2.45) is 10.1 Å². The van der Waals surface area contributed by atoms with Gasteiger partial charge in [0.25, 0.3) is 0 Å². The van der Waals surface area contributed by atoms with Crippen LogP contribution in [0, 0.1) is 0 Å². The van der Waals surface area contributed by atoms with Gasteiger partial charge in [-0.3, -0.25) is 4.90 Å². The minimum Gasteiger partial charge on any atom is -0.466 e. The molecule has 0 aromatic heterocycles. The van der Waals surface area contributed by atoms with Crippen LogP contribution in [0.5, 0.6) is 0 Å². The van der Waals surface area contributed by atoms with E-state index in [1.807, 2.05) is 126 Å². The molecule has 6 nitrogen and oxygen atoms in total. The topological polar surface area (TPSA) is 57.5 Å². The van der Waals surface area contributed by atoms with Crippen molar-refractivity contribution in [1.82, 2.24) is 0 Å². The van der Waals surface area contributed by atoms with Crippen LogP contribution in [0.15, 0.2) is 142 Å². The first-order valence-electron chi connectivity index (χ1n) is 13.7. The van der Waals surface area contributed by atoms with Gasteiger partial charge in [0.05, 0.1) is 18.5 Å². The smallest absolute Gasteiger partial charge is 0.339 e. The van der Waals surface area contributed by atoms with Gasteiger partial charge < -0.3 is 4.74 Å². The van der Waals surface area contributed by atoms with Crippen molar-refractivity contribution in [2.45, 2.75) is 25.4 Å². The Bertz CT molecular complexity index is 1620. The monoisotopic (exact) mass is 558 g/mol. The first kappa shape index (κ1) is 26.6. The maximum Gasteiger partial charge on any atom is 0.339 e. The molecule has 2 heterocycles. The largest absolute Gasteiger partial charge is 0.466 e. The van der Waals surface area contributed by atoms with E-state index >= 15 is 0 Å². The van der Waals surface area contributed by atoms with Gasteiger partial charge in [0.15, 0.2) is 5.84 Å². The minimum atomic E-state index is -1.23. The molecule has 6 rings (SSSR count). The zero-order valence-electron chi connectivity index (χ0n) is 23.0. The maximum atomic E-state index is 14.0. The highest BCUT2D eigenvalue weighted by atomic mass is 32.2. The number of carbonyl (C=O) groups excluding carboxylic acids is 1. The van der Waals surface area contributed by atoms with E-state index in [2.05, 4.69) is 11.8 Å². The predicted octanol–water partition coefficient (Wildman–Crippen LogP) is 7.78. The quantitative estimate of drug-likeness (QED) is 0.217. The Labute approximate surface area is 244 Å². The molecule has 1 spiro atoms. The van der Waals surface area contributed by atoms with E-state index in [-0.39, 0.29) is 0 Å². The fraction of sp³-hybridized carbons (Fsp3) is 0.147. The summed E-state index contributed by atoms with van der Waals surface area (Å²) in [5.74, 6) is 0.312. The first-order valence-corrected chi connectivity index (χ1v) is 14.5. The number of hydrazone groups is 1. The maximum absolute atomic E-state index is 14.0. The van der Waals surface area contributed by atoms with Crippen LogP contribution in [0.25, 0.3) is 0 Å². The van der Waals surface area contributed by atoms with Crippen LogP contribution >= 0.6 is 11.8 Å². The number of hydrogen-bond donors (Lipinski definition) is 0. The highest BCUT2D eigenvalue weighted by Crippen LogP contribution is 2.54. The van der Waals surface area contributed by atoms with E-state index in [0.29, 0.717) is 17.8 Å². The van der Waals surface area contributed by atoms with Crippen LogP contribution in [0.3, 0.4) is 0 Å². The molecule has 2 aliphatic rings. The van der Waals surface area contributed by atoms with E-state index in [9.17, 15) is 4.79 Å². The van der Waals surface area contributed by atoms with Crippen molar-refractivity contribution in [3.8, 4) is 0 Å². The summed E-state index contributed by atoms with van der Waals surface area (Å²) in [7, 11) is 1.44. The molecule has 7 heteroatoms. The third-order valence-corrected chi connectivity index (χ3v) is 8.31. The predicted molar refractivity (Wildman–Crippen MR) is 169 cm³/mol. The number of carbonyl (C=O) groups is 1. The minimum absolute atomic E-state index is 0.398. The van der Waals surface area contributed by atoms with Crippen LogP contribution in [0.4, 0.5) is 17.1 Å². The second kappa shape index (κ2) is 11.5. The number of benzene rings is 4. The third-order valence-electron chi connectivity index (χ3n) is 7.08. The van der Waals surface area contributed by atoms with Gasteiger partial charge in [0.2, 0.25) is 5.66 Å². The molecule has 1 unspecified atom stereocenters. The fourth-order valence-electron chi connectivity index (χ4n) is 5.36. The molecule has 204 valence electrons. The number of ether oxygens (including phenoxy) is 1. The van der Waals surface area contributed by atoms with E-state index in [4.69, 9.17) is 14.8 Å². The molecular weight excluding hydrogens is 528 g/mol. The van der Waals surface area contributed by atoms with Crippen molar-refractivity contribution in [3.05, 3.63) is 137 Å². The summed E-state index contributed by atoms with van der Waals surface area (Å²) in [5.41, 5.74) is 2.74. The number of rotatable bonds is 7. The molecule has 1 atom stereocenters. The summed E-state index contributed by atoms with van der Waals surface area (Å²) in [6.07, 6.45) is 1.57. The second-order valence-corrected chi connectivity index (χ2v) is 10.8. The zero-order valence-corrected chi connectivity index (χ0v) is 23.8. The Morgan fingerprint density at radius 2 is 1.39 bits per heavy atom. The molecular formula is C34H30N4O2S.